The van der Waals surface area contributed by atoms with E-state index in [0.29, 0.717) is 0 Å². The molecule has 0 spiro atoms. The summed E-state index contributed by atoms with van der Waals surface area (Å²) in [4.78, 5) is 22.5. The number of nitrogens with one attached hydrogen (secondary N) is 2. The Morgan fingerprint density at radius 2 is 2.06 bits per heavy atom. The summed E-state index contributed by atoms with van der Waals surface area (Å²) in [5, 5.41) is 5.44. The van der Waals surface area contributed by atoms with Crippen LogP contribution in [0.4, 0.5) is 0 Å². The molecule has 5 heteroatoms. The maximum absolute atomic E-state index is 11.6. The molecule has 0 aromatic rings. The lowest BCUT2D eigenvalue weighted by Crippen LogP contribution is -2.44. The van der Waals surface area contributed by atoms with Crippen molar-refractivity contribution in [1.82, 2.24) is 10.6 Å². The first-order chi connectivity index (χ1) is 8.15. The Morgan fingerprint density at radius 3 is 2.71 bits per heavy atom. The molecule has 4 N–H and O–H groups in total. The fourth-order valence-corrected chi connectivity index (χ4v) is 2.32. The average Bonchev–Trinajstić information content (AvgIpc) is 2.36. The third-order valence-electron chi connectivity index (χ3n) is 3.36. The van der Waals surface area contributed by atoms with Crippen molar-refractivity contribution in [2.45, 2.75) is 45.1 Å². The largest absolute Gasteiger partial charge is 0.352 e. The Bertz CT molecular complexity index is 268. The molecule has 0 aliphatic heterocycles. The zero-order valence-corrected chi connectivity index (χ0v) is 10.5. The van der Waals surface area contributed by atoms with Gasteiger partial charge in [-0.1, -0.05) is 26.2 Å². The maximum atomic E-state index is 11.6. The standard InChI is InChI=1S/C12H23N3O2/c1-2-9-4-3-5-10(6-9)15-12(17)8-14-11(16)7-13/h9-10H,2-8,13H2,1H3,(H,14,16)(H,15,17). The zero-order chi connectivity index (χ0) is 12.7. The molecule has 0 heterocycles. The molecule has 2 amide bonds. The number of carbonyl (C=O) groups is 2. The van der Waals surface area contributed by atoms with Crippen LogP contribution in [0.5, 0.6) is 0 Å². The van der Waals surface area contributed by atoms with E-state index < -0.39 is 0 Å². The van der Waals surface area contributed by atoms with Crippen molar-refractivity contribution in [2.24, 2.45) is 11.7 Å². The molecular formula is C12H23N3O2. The second-order valence-corrected chi connectivity index (χ2v) is 4.69. The predicted octanol–water partition coefficient (Wildman–Crippen LogP) is 0.146. The van der Waals surface area contributed by atoms with E-state index in [2.05, 4.69) is 17.6 Å². The van der Waals surface area contributed by atoms with E-state index >= 15 is 0 Å². The van der Waals surface area contributed by atoms with Crippen molar-refractivity contribution in [3.05, 3.63) is 0 Å². The highest BCUT2D eigenvalue weighted by Crippen LogP contribution is 2.26. The van der Waals surface area contributed by atoms with Crippen LogP contribution in [0.1, 0.15) is 39.0 Å². The lowest BCUT2D eigenvalue weighted by molar-refractivity contribution is -0.125. The second kappa shape index (κ2) is 7.27. The van der Waals surface area contributed by atoms with E-state index in [9.17, 15) is 9.59 Å². The van der Waals surface area contributed by atoms with Crippen LogP contribution in [0.25, 0.3) is 0 Å². The summed E-state index contributed by atoms with van der Waals surface area (Å²) in [7, 11) is 0. The summed E-state index contributed by atoms with van der Waals surface area (Å²) in [5.41, 5.74) is 5.13. The van der Waals surface area contributed by atoms with Gasteiger partial charge in [-0.15, -0.1) is 0 Å². The van der Waals surface area contributed by atoms with Crippen LogP contribution in [-0.4, -0.2) is 30.9 Å². The van der Waals surface area contributed by atoms with Crippen molar-refractivity contribution in [1.29, 1.82) is 0 Å². The minimum Gasteiger partial charge on any atom is -0.352 e. The summed E-state index contributed by atoms with van der Waals surface area (Å²) in [6, 6.07) is 0.274. The molecule has 0 saturated heterocycles. The number of carbonyl (C=O) groups excluding carboxylic acids is 2. The van der Waals surface area contributed by atoms with Gasteiger partial charge < -0.3 is 16.4 Å². The third kappa shape index (κ3) is 5.17. The van der Waals surface area contributed by atoms with Gasteiger partial charge in [0.05, 0.1) is 13.1 Å². The van der Waals surface area contributed by atoms with Gasteiger partial charge in [0, 0.05) is 6.04 Å². The number of amides is 2. The third-order valence-corrected chi connectivity index (χ3v) is 3.36. The van der Waals surface area contributed by atoms with Gasteiger partial charge in [0.15, 0.2) is 0 Å². The highest BCUT2D eigenvalue weighted by molar-refractivity contribution is 5.85. The molecule has 0 bridgehead atoms. The minimum atomic E-state index is -0.296. The first-order valence-electron chi connectivity index (χ1n) is 6.41. The van der Waals surface area contributed by atoms with Gasteiger partial charge >= 0.3 is 0 Å². The molecule has 1 saturated carbocycles. The summed E-state index contributed by atoms with van der Waals surface area (Å²) in [5.74, 6) is 0.316. The fraction of sp³-hybridized carbons (Fsp3) is 0.833. The van der Waals surface area contributed by atoms with Gasteiger partial charge in [0.1, 0.15) is 0 Å². The average molecular weight is 241 g/mol. The van der Waals surface area contributed by atoms with Crippen LogP contribution in [0.15, 0.2) is 0 Å². The Balaban J connectivity index is 2.23. The lowest BCUT2D eigenvalue weighted by Gasteiger charge is -2.29. The topological polar surface area (TPSA) is 84.2 Å². The van der Waals surface area contributed by atoms with Gasteiger partial charge in [-0.05, 0) is 18.8 Å². The summed E-state index contributed by atoms with van der Waals surface area (Å²) >= 11 is 0. The SMILES string of the molecule is CCC1CCCC(NC(=O)CNC(=O)CN)C1. The van der Waals surface area contributed by atoms with Crippen LogP contribution in [0.3, 0.4) is 0 Å². The maximum Gasteiger partial charge on any atom is 0.239 e. The molecule has 2 unspecified atom stereocenters. The smallest absolute Gasteiger partial charge is 0.239 e. The summed E-state index contributed by atoms with van der Waals surface area (Å²) < 4.78 is 0. The Morgan fingerprint density at radius 1 is 1.29 bits per heavy atom. The summed E-state index contributed by atoms with van der Waals surface area (Å²) in [6.45, 7) is 2.15. The molecule has 0 aromatic carbocycles. The second-order valence-electron chi connectivity index (χ2n) is 4.69. The molecule has 5 nitrogen and oxygen atoms in total. The predicted molar refractivity (Wildman–Crippen MR) is 66.2 cm³/mol. The van der Waals surface area contributed by atoms with Crippen molar-refractivity contribution < 1.29 is 9.59 Å². The van der Waals surface area contributed by atoms with Crippen LogP contribution in [0.2, 0.25) is 0 Å². The Labute approximate surface area is 103 Å². The number of hydrogen-bond donors (Lipinski definition) is 3. The molecule has 1 rings (SSSR count). The van der Waals surface area contributed by atoms with Crippen molar-refractivity contribution in [2.75, 3.05) is 13.1 Å². The lowest BCUT2D eigenvalue weighted by atomic mass is 9.84. The van der Waals surface area contributed by atoms with Gasteiger partial charge in [-0.3, -0.25) is 9.59 Å². The molecule has 17 heavy (non-hydrogen) atoms. The molecule has 1 fully saturated rings. The monoisotopic (exact) mass is 241 g/mol. The quantitative estimate of drug-likeness (QED) is 0.640. The van der Waals surface area contributed by atoms with Crippen molar-refractivity contribution >= 4 is 11.8 Å². The molecule has 1 aliphatic rings. The van der Waals surface area contributed by atoms with Crippen LogP contribution in [-0.2, 0) is 9.59 Å². The molecule has 0 radical (unpaired) electrons. The molecule has 0 aromatic heterocycles. The van der Waals surface area contributed by atoms with Crippen molar-refractivity contribution in [3.8, 4) is 0 Å². The first kappa shape index (κ1) is 14.0. The summed E-state index contributed by atoms with van der Waals surface area (Å²) in [6.07, 6.45) is 5.74. The van der Waals surface area contributed by atoms with Gasteiger partial charge in [0.2, 0.25) is 11.8 Å². The minimum absolute atomic E-state index is 0.0311. The Hall–Kier alpha value is -1.10. The van der Waals surface area contributed by atoms with Crippen LogP contribution in [0, 0.1) is 5.92 Å². The van der Waals surface area contributed by atoms with Gasteiger partial charge in [-0.25, -0.2) is 0 Å². The van der Waals surface area contributed by atoms with Crippen LogP contribution >= 0.6 is 0 Å². The first-order valence-corrected chi connectivity index (χ1v) is 6.41. The molecule has 98 valence electrons. The van der Waals surface area contributed by atoms with E-state index in [1.54, 1.807) is 0 Å². The van der Waals surface area contributed by atoms with E-state index in [-0.39, 0.29) is 30.9 Å². The van der Waals surface area contributed by atoms with E-state index in [0.717, 1.165) is 18.8 Å². The number of nitrogens with two attached hydrogens (primary N) is 1. The zero-order valence-electron chi connectivity index (χ0n) is 10.5. The van der Waals surface area contributed by atoms with Crippen LogP contribution < -0.4 is 16.4 Å². The number of rotatable bonds is 5. The highest BCUT2D eigenvalue weighted by Gasteiger charge is 2.21. The normalized spacial score (nSPS) is 24.1. The highest BCUT2D eigenvalue weighted by atomic mass is 16.2. The number of hydrogen-bond acceptors (Lipinski definition) is 3. The van der Waals surface area contributed by atoms with Gasteiger partial charge in [0.25, 0.3) is 0 Å². The molecule has 1 aliphatic carbocycles. The van der Waals surface area contributed by atoms with E-state index in [4.69, 9.17) is 5.73 Å². The van der Waals surface area contributed by atoms with E-state index in [1.165, 1.54) is 19.3 Å². The van der Waals surface area contributed by atoms with Gasteiger partial charge in [-0.2, -0.15) is 0 Å². The Kier molecular flexibility index (Phi) is 5.97. The fourth-order valence-electron chi connectivity index (χ4n) is 2.32. The van der Waals surface area contributed by atoms with E-state index in [1.807, 2.05) is 0 Å². The molecular weight excluding hydrogens is 218 g/mol. The van der Waals surface area contributed by atoms with Crippen molar-refractivity contribution in [3.63, 3.8) is 0 Å². The molecule has 2 atom stereocenters.